The summed E-state index contributed by atoms with van der Waals surface area (Å²) in [6.45, 7) is 2.58. The number of aliphatic hydroxyl groups is 1. The second-order valence-corrected chi connectivity index (χ2v) is 7.82. The van der Waals surface area contributed by atoms with E-state index < -0.39 is 17.9 Å². The summed E-state index contributed by atoms with van der Waals surface area (Å²) in [5.41, 5.74) is 0.598. The van der Waals surface area contributed by atoms with Crippen LogP contribution in [0.1, 0.15) is 24.5 Å². The number of carbonyl (C=O) groups excluding carboxylic acids is 1. The summed E-state index contributed by atoms with van der Waals surface area (Å²) in [4.78, 5) is 18.3. The number of carbonyl (C=O) groups is 1. The van der Waals surface area contributed by atoms with Gasteiger partial charge in [-0.05, 0) is 36.8 Å². The Morgan fingerprint density at radius 1 is 1.15 bits per heavy atom. The van der Waals surface area contributed by atoms with Gasteiger partial charge in [-0.25, -0.2) is 4.99 Å². The first-order valence-electron chi connectivity index (χ1n) is 11.0. The number of aliphatic hydroxyl groups excluding tert-OH is 1. The Morgan fingerprint density at radius 3 is 2.48 bits per heavy atom. The van der Waals surface area contributed by atoms with Crippen LogP contribution in [0.2, 0.25) is 0 Å². The summed E-state index contributed by atoms with van der Waals surface area (Å²) < 4.78 is 22.1. The Hall–Kier alpha value is -2.94. The second-order valence-electron chi connectivity index (χ2n) is 7.82. The highest BCUT2D eigenvalue weighted by atomic mass is 16.7. The first-order chi connectivity index (χ1) is 16.0. The highest BCUT2D eigenvalue weighted by Gasteiger charge is 2.50. The van der Waals surface area contributed by atoms with Crippen molar-refractivity contribution in [1.29, 1.82) is 0 Å². The second kappa shape index (κ2) is 11.8. The quantitative estimate of drug-likeness (QED) is 0.376. The predicted octanol–water partition coefficient (Wildman–Crippen LogP) is 2.33. The Balaban J connectivity index is 1.86. The van der Waals surface area contributed by atoms with E-state index in [2.05, 4.69) is 5.32 Å². The maximum Gasteiger partial charge on any atom is 0.252 e. The molecule has 1 heterocycles. The zero-order valence-electron chi connectivity index (χ0n) is 19.3. The average Bonchev–Trinajstić information content (AvgIpc) is 3.17. The predicted molar refractivity (Wildman–Crippen MR) is 124 cm³/mol. The lowest BCUT2D eigenvalue weighted by atomic mass is 9.86. The Bertz CT molecular complexity index is 914. The lowest BCUT2D eigenvalue weighted by molar-refractivity contribution is -0.134. The number of methoxy groups -OCH3 is 2. The van der Waals surface area contributed by atoms with Crippen LogP contribution in [0, 0.1) is 0 Å². The molecule has 0 saturated carbocycles. The minimum Gasteiger partial charge on any atom is -0.494 e. The van der Waals surface area contributed by atoms with Gasteiger partial charge in [0.1, 0.15) is 11.9 Å². The van der Waals surface area contributed by atoms with Gasteiger partial charge in [0.2, 0.25) is 5.90 Å². The van der Waals surface area contributed by atoms with Crippen LogP contribution in [0.3, 0.4) is 0 Å². The van der Waals surface area contributed by atoms with Crippen LogP contribution < -0.4 is 10.1 Å². The van der Waals surface area contributed by atoms with Crippen LogP contribution in [0.15, 0.2) is 59.6 Å². The molecule has 0 unspecified atom stereocenters. The fourth-order valence-electron chi connectivity index (χ4n) is 3.64. The van der Waals surface area contributed by atoms with Gasteiger partial charge >= 0.3 is 0 Å². The summed E-state index contributed by atoms with van der Waals surface area (Å²) in [5, 5.41) is 11.8. The van der Waals surface area contributed by atoms with Crippen LogP contribution in [0.25, 0.3) is 0 Å². The Labute approximate surface area is 194 Å². The highest BCUT2D eigenvalue weighted by molar-refractivity contribution is 6.00. The fourth-order valence-corrected chi connectivity index (χ4v) is 3.64. The average molecular weight is 457 g/mol. The summed E-state index contributed by atoms with van der Waals surface area (Å²) in [7, 11) is 3.05. The molecule has 1 aliphatic heterocycles. The smallest absolute Gasteiger partial charge is 0.252 e. The zero-order chi connectivity index (χ0) is 23.7. The van der Waals surface area contributed by atoms with Crippen LogP contribution in [-0.4, -0.2) is 68.8 Å². The molecule has 1 aliphatic rings. The van der Waals surface area contributed by atoms with Crippen LogP contribution >= 0.6 is 0 Å². The Kier molecular flexibility index (Phi) is 8.82. The van der Waals surface area contributed by atoms with Crippen molar-refractivity contribution in [2.45, 2.75) is 37.7 Å². The number of nitrogens with zero attached hydrogens (tertiary/aromatic N) is 1. The number of ether oxygens (including phenoxy) is 4. The zero-order valence-corrected chi connectivity index (χ0v) is 19.3. The molecule has 0 saturated heterocycles. The van der Waals surface area contributed by atoms with Crippen molar-refractivity contribution in [3.8, 4) is 5.75 Å². The van der Waals surface area contributed by atoms with E-state index >= 15 is 0 Å². The van der Waals surface area contributed by atoms with Crippen molar-refractivity contribution in [3.63, 3.8) is 0 Å². The van der Waals surface area contributed by atoms with E-state index in [1.165, 1.54) is 14.2 Å². The number of aliphatic imine (C=N–C) groups is 1. The van der Waals surface area contributed by atoms with Crippen molar-refractivity contribution < 1.29 is 28.8 Å². The van der Waals surface area contributed by atoms with Crippen LogP contribution in [-0.2, 0) is 25.4 Å². The molecule has 8 heteroatoms. The van der Waals surface area contributed by atoms with Gasteiger partial charge in [0.15, 0.2) is 11.8 Å². The lowest BCUT2D eigenvalue weighted by Crippen LogP contribution is -2.54. The number of rotatable bonds is 12. The molecule has 0 fully saturated rings. The van der Waals surface area contributed by atoms with Crippen LogP contribution in [0.5, 0.6) is 5.75 Å². The van der Waals surface area contributed by atoms with Crippen molar-refractivity contribution in [3.05, 3.63) is 65.7 Å². The molecule has 2 atom stereocenters. The molecule has 178 valence electrons. The number of nitrogens with one attached hydrogen (secondary N) is 1. The molecule has 0 spiro atoms. The molecule has 0 radical (unpaired) electrons. The van der Waals surface area contributed by atoms with Crippen molar-refractivity contribution >= 4 is 11.8 Å². The third-order valence-corrected chi connectivity index (χ3v) is 5.60. The van der Waals surface area contributed by atoms with Crippen LogP contribution in [0.4, 0.5) is 0 Å². The van der Waals surface area contributed by atoms with Gasteiger partial charge in [-0.2, -0.15) is 0 Å². The SMILES string of the molecule is COC(CNC(=O)[C@]1(Cc2ccccc2)N=C(c2ccc(OCCCO)cc2)O[C@@H]1C)OC. The number of benzene rings is 2. The molecule has 2 aromatic rings. The van der Waals surface area contributed by atoms with E-state index in [4.69, 9.17) is 29.0 Å². The Morgan fingerprint density at radius 2 is 1.85 bits per heavy atom. The van der Waals surface area contributed by atoms with Gasteiger partial charge in [0.05, 0.1) is 13.2 Å². The number of hydrogen-bond donors (Lipinski definition) is 2. The van der Waals surface area contributed by atoms with Crippen molar-refractivity contribution in [2.24, 2.45) is 4.99 Å². The molecule has 0 aromatic heterocycles. The summed E-state index contributed by atoms with van der Waals surface area (Å²) >= 11 is 0. The van der Waals surface area contributed by atoms with Gasteiger partial charge in [0.25, 0.3) is 5.91 Å². The maximum absolute atomic E-state index is 13.4. The minimum absolute atomic E-state index is 0.0850. The largest absolute Gasteiger partial charge is 0.494 e. The van der Waals surface area contributed by atoms with Gasteiger partial charge in [0, 0.05) is 39.2 Å². The van der Waals surface area contributed by atoms with Gasteiger partial charge < -0.3 is 29.4 Å². The molecule has 2 N–H and O–H groups in total. The van der Waals surface area contributed by atoms with Crippen molar-refractivity contribution in [2.75, 3.05) is 34.0 Å². The van der Waals surface area contributed by atoms with E-state index in [1.54, 1.807) is 0 Å². The molecular weight excluding hydrogens is 424 g/mol. The van der Waals surface area contributed by atoms with E-state index in [0.717, 1.165) is 11.1 Å². The maximum atomic E-state index is 13.4. The highest BCUT2D eigenvalue weighted by Crippen LogP contribution is 2.33. The van der Waals surface area contributed by atoms with Gasteiger partial charge in [-0.3, -0.25) is 4.79 Å². The molecule has 33 heavy (non-hydrogen) atoms. The van der Waals surface area contributed by atoms with Crippen molar-refractivity contribution in [1.82, 2.24) is 5.32 Å². The summed E-state index contributed by atoms with van der Waals surface area (Å²) in [6.07, 6.45) is -0.0878. The van der Waals surface area contributed by atoms with Gasteiger partial charge in [-0.1, -0.05) is 30.3 Å². The monoisotopic (exact) mass is 456 g/mol. The fraction of sp³-hybridized carbons (Fsp3) is 0.440. The standard InChI is InChI=1S/C25H32N2O6/c1-18-25(16-19-8-5-4-6-9-19,24(29)26-17-22(30-2)31-3)27-23(33-18)20-10-12-21(13-11-20)32-15-7-14-28/h4-6,8-13,18,22,28H,7,14-17H2,1-3H3,(H,26,29)/t18-,25-/m1/s1. The van der Waals surface area contributed by atoms with E-state index in [-0.39, 0.29) is 19.1 Å². The molecule has 2 aromatic carbocycles. The molecular formula is C25H32N2O6. The minimum atomic E-state index is -1.14. The molecule has 3 rings (SSSR count). The third kappa shape index (κ3) is 6.10. The number of hydrogen-bond acceptors (Lipinski definition) is 7. The lowest BCUT2D eigenvalue weighted by Gasteiger charge is -2.29. The van der Waals surface area contributed by atoms with E-state index in [9.17, 15) is 4.79 Å². The first-order valence-corrected chi connectivity index (χ1v) is 11.0. The topological polar surface area (TPSA) is 98.6 Å². The molecule has 0 bridgehead atoms. The number of amides is 1. The first kappa shape index (κ1) is 24.7. The molecule has 0 aliphatic carbocycles. The molecule has 1 amide bonds. The van der Waals surface area contributed by atoms with Gasteiger partial charge in [-0.15, -0.1) is 0 Å². The normalized spacial score (nSPS) is 19.8. The molecule has 8 nitrogen and oxygen atoms in total. The summed E-state index contributed by atoms with van der Waals surface area (Å²) in [5.74, 6) is 0.847. The van der Waals surface area contributed by atoms with E-state index in [1.807, 2.05) is 61.5 Å². The summed E-state index contributed by atoms with van der Waals surface area (Å²) in [6, 6.07) is 17.1. The van der Waals surface area contributed by atoms with E-state index in [0.29, 0.717) is 31.1 Å². The third-order valence-electron chi connectivity index (χ3n) is 5.60.